The number of hydrogen-bond donors (Lipinski definition) is 1. The Bertz CT molecular complexity index is 551. The number of methoxy groups -OCH3 is 2. The van der Waals surface area contributed by atoms with Crippen molar-refractivity contribution in [2.45, 2.75) is 18.8 Å². The Kier molecular flexibility index (Phi) is 4.68. The first-order valence-electron chi connectivity index (χ1n) is 6.48. The summed E-state index contributed by atoms with van der Waals surface area (Å²) in [5, 5.41) is 11.8. The van der Waals surface area contributed by atoms with E-state index < -0.39 is 0 Å². The number of thiophene rings is 1. The third kappa shape index (κ3) is 2.97. The molecule has 2 aromatic rings. The minimum Gasteiger partial charge on any atom is -0.493 e. The second kappa shape index (κ2) is 6.29. The molecule has 0 radical (unpaired) electrons. The summed E-state index contributed by atoms with van der Waals surface area (Å²) >= 11 is 1.68. The molecule has 0 aliphatic heterocycles. The molecule has 0 aliphatic rings. The summed E-state index contributed by atoms with van der Waals surface area (Å²) in [5.41, 5.74) is 0.848. The van der Waals surface area contributed by atoms with Crippen LogP contribution in [0.2, 0.25) is 0 Å². The number of aliphatic hydroxyl groups excluding tert-OH is 1. The van der Waals surface area contributed by atoms with Gasteiger partial charge in [-0.05, 0) is 35.6 Å². The molecule has 0 aliphatic carbocycles. The van der Waals surface area contributed by atoms with E-state index in [9.17, 15) is 5.11 Å². The van der Waals surface area contributed by atoms with Crippen molar-refractivity contribution in [1.29, 1.82) is 0 Å². The van der Waals surface area contributed by atoms with Gasteiger partial charge in [0.05, 0.1) is 20.8 Å². The normalized spacial score (nSPS) is 13.8. The van der Waals surface area contributed by atoms with Crippen molar-refractivity contribution in [1.82, 2.24) is 0 Å². The van der Waals surface area contributed by atoms with Crippen LogP contribution in [0.4, 0.5) is 0 Å². The zero-order chi connectivity index (χ0) is 14.6. The molecule has 1 aromatic carbocycles. The Morgan fingerprint density at radius 3 is 2.45 bits per heavy atom. The third-order valence-corrected chi connectivity index (χ3v) is 4.68. The lowest BCUT2D eigenvalue weighted by atomic mass is 9.83. The summed E-state index contributed by atoms with van der Waals surface area (Å²) < 4.78 is 10.6. The predicted octanol–water partition coefficient (Wildman–Crippen LogP) is 3.26. The molecule has 0 spiro atoms. The standard InChI is InChI=1S/C16H20O3S/c1-16(11-17,15-5-4-8-20-15)10-12-6-7-13(18-2)14(9-12)19-3/h4-9,17H,10-11H2,1-3H3. The van der Waals surface area contributed by atoms with Crippen molar-refractivity contribution in [2.24, 2.45) is 0 Å². The fraction of sp³-hybridized carbons (Fsp3) is 0.375. The first-order chi connectivity index (χ1) is 9.62. The summed E-state index contributed by atoms with van der Waals surface area (Å²) in [5.74, 6) is 1.44. The number of benzene rings is 1. The van der Waals surface area contributed by atoms with Crippen molar-refractivity contribution < 1.29 is 14.6 Å². The highest BCUT2D eigenvalue weighted by atomic mass is 32.1. The molecule has 108 valence electrons. The Labute approximate surface area is 123 Å². The molecule has 0 saturated heterocycles. The van der Waals surface area contributed by atoms with E-state index in [1.807, 2.05) is 29.6 Å². The van der Waals surface area contributed by atoms with E-state index in [1.54, 1.807) is 25.6 Å². The van der Waals surface area contributed by atoms with Gasteiger partial charge in [-0.25, -0.2) is 0 Å². The van der Waals surface area contributed by atoms with Crippen molar-refractivity contribution >= 4 is 11.3 Å². The number of ether oxygens (including phenoxy) is 2. The first-order valence-corrected chi connectivity index (χ1v) is 7.36. The number of rotatable bonds is 6. The van der Waals surface area contributed by atoms with Crippen LogP contribution in [0.1, 0.15) is 17.4 Å². The van der Waals surface area contributed by atoms with Gasteiger partial charge in [-0.2, -0.15) is 0 Å². The predicted molar refractivity (Wildman–Crippen MR) is 82.0 cm³/mol. The van der Waals surface area contributed by atoms with Gasteiger partial charge in [-0.1, -0.05) is 19.1 Å². The van der Waals surface area contributed by atoms with Crippen LogP contribution >= 0.6 is 11.3 Å². The molecule has 3 nitrogen and oxygen atoms in total. The van der Waals surface area contributed by atoms with E-state index in [-0.39, 0.29) is 12.0 Å². The van der Waals surface area contributed by atoms with E-state index in [0.29, 0.717) is 0 Å². The molecule has 0 amide bonds. The van der Waals surface area contributed by atoms with Crippen LogP contribution in [0, 0.1) is 0 Å². The molecule has 1 N–H and O–H groups in total. The van der Waals surface area contributed by atoms with E-state index in [4.69, 9.17) is 9.47 Å². The lowest BCUT2D eigenvalue weighted by molar-refractivity contribution is 0.207. The van der Waals surface area contributed by atoms with E-state index >= 15 is 0 Å². The number of hydrogen-bond acceptors (Lipinski definition) is 4. The highest BCUT2D eigenvalue weighted by Crippen LogP contribution is 2.34. The molecular weight excluding hydrogens is 272 g/mol. The van der Waals surface area contributed by atoms with Gasteiger partial charge in [-0.15, -0.1) is 11.3 Å². The Hall–Kier alpha value is -1.52. The van der Waals surface area contributed by atoms with Crippen molar-refractivity contribution in [3.05, 3.63) is 46.2 Å². The molecule has 0 bridgehead atoms. The maximum absolute atomic E-state index is 9.80. The fourth-order valence-corrected chi connectivity index (χ4v) is 3.17. The highest BCUT2D eigenvalue weighted by Gasteiger charge is 2.27. The van der Waals surface area contributed by atoms with Crippen molar-refractivity contribution in [3.63, 3.8) is 0 Å². The van der Waals surface area contributed by atoms with Gasteiger partial charge in [0.15, 0.2) is 11.5 Å². The molecule has 2 rings (SSSR count). The minimum atomic E-state index is -0.270. The SMILES string of the molecule is COc1ccc(CC(C)(CO)c2cccs2)cc1OC. The van der Waals surface area contributed by atoms with Gasteiger partial charge < -0.3 is 14.6 Å². The molecule has 0 fully saturated rings. The molecule has 1 atom stereocenters. The number of aliphatic hydroxyl groups is 1. The summed E-state index contributed by atoms with van der Waals surface area (Å²) in [7, 11) is 3.26. The molecular formula is C16H20O3S. The summed E-state index contributed by atoms with van der Waals surface area (Å²) in [4.78, 5) is 1.19. The van der Waals surface area contributed by atoms with E-state index in [0.717, 1.165) is 23.5 Å². The largest absolute Gasteiger partial charge is 0.493 e. The average Bonchev–Trinajstić information content (AvgIpc) is 3.01. The summed E-state index contributed by atoms with van der Waals surface area (Å²) in [6.07, 6.45) is 0.754. The summed E-state index contributed by atoms with van der Waals surface area (Å²) in [6.45, 7) is 2.19. The van der Waals surface area contributed by atoms with Gasteiger partial charge in [0.25, 0.3) is 0 Å². The highest BCUT2D eigenvalue weighted by molar-refractivity contribution is 7.10. The van der Waals surface area contributed by atoms with Crippen LogP contribution in [0.3, 0.4) is 0 Å². The zero-order valence-electron chi connectivity index (χ0n) is 12.1. The molecule has 4 heteroatoms. The first kappa shape index (κ1) is 14.9. The van der Waals surface area contributed by atoms with Crippen LogP contribution in [0.15, 0.2) is 35.7 Å². The fourth-order valence-electron chi connectivity index (χ4n) is 2.28. The average molecular weight is 292 g/mol. The van der Waals surface area contributed by atoms with Gasteiger partial charge in [0, 0.05) is 10.3 Å². The molecule has 20 heavy (non-hydrogen) atoms. The maximum Gasteiger partial charge on any atom is 0.160 e. The third-order valence-electron chi connectivity index (χ3n) is 3.51. The van der Waals surface area contributed by atoms with Crippen LogP contribution in [-0.2, 0) is 11.8 Å². The Morgan fingerprint density at radius 1 is 1.15 bits per heavy atom. The second-order valence-electron chi connectivity index (χ2n) is 5.06. The molecule has 1 aromatic heterocycles. The lowest BCUT2D eigenvalue weighted by Crippen LogP contribution is -2.28. The molecule has 1 unspecified atom stereocenters. The topological polar surface area (TPSA) is 38.7 Å². The van der Waals surface area contributed by atoms with Gasteiger partial charge >= 0.3 is 0 Å². The smallest absolute Gasteiger partial charge is 0.160 e. The van der Waals surface area contributed by atoms with Crippen LogP contribution in [0.25, 0.3) is 0 Å². The maximum atomic E-state index is 9.80. The Morgan fingerprint density at radius 2 is 1.90 bits per heavy atom. The van der Waals surface area contributed by atoms with Gasteiger partial charge in [0.1, 0.15) is 0 Å². The van der Waals surface area contributed by atoms with Gasteiger partial charge in [-0.3, -0.25) is 0 Å². The van der Waals surface area contributed by atoms with E-state index in [1.165, 1.54) is 4.88 Å². The summed E-state index contributed by atoms with van der Waals surface area (Å²) in [6, 6.07) is 9.98. The quantitative estimate of drug-likeness (QED) is 0.888. The van der Waals surface area contributed by atoms with Crippen molar-refractivity contribution in [3.8, 4) is 11.5 Å². The van der Waals surface area contributed by atoms with Crippen LogP contribution < -0.4 is 9.47 Å². The Balaban J connectivity index is 2.28. The van der Waals surface area contributed by atoms with Crippen LogP contribution in [0.5, 0.6) is 11.5 Å². The van der Waals surface area contributed by atoms with Gasteiger partial charge in [0.2, 0.25) is 0 Å². The van der Waals surface area contributed by atoms with Crippen LogP contribution in [-0.4, -0.2) is 25.9 Å². The lowest BCUT2D eigenvalue weighted by Gasteiger charge is -2.26. The monoisotopic (exact) mass is 292 g/mol. The minimum absolute atomic E-state index is 0.113. The van der Waals surface area contributed by atoms with E-state index in [2.05, 4.69) is 13.0 Å². The molecule has 0 saturated carbocycles. The second-order valence-corrected chi connectivity index (χ2v) is 6.01. The van der Waals surface area contributed by atoms with Crippen molar-refractivity contribution in [2.75, 3.05) is 20.8 Å². The molecule has 1 heterocycles. The zero-order valence-corrected chi connectivity index (χ0v) is 12.9.